The first-order chi connectivity index (χ1) is 11.0. The van der Waals surface area contributed by atoms with Gasteiger partial charge in [-0.25, -0.2) is 8.42 Å². The predicted molar refractivity (Wildman–Crippen MR) is 92.3 cm³/mol. The number of carbonyl (C=O) groups excluding carboxylic acids is 1. The SMILES string of the molecule is O=C(CC1CCS(=O)(=O)C1)Nc1cccc(NC2CCCC2)c1. The topological polar surface area (TPSA) is 75.3 Å². The van der Waals surface area contributed by atoms with Gasteiger partial charge in [-0.05, 0) is 43.4 Å². The number of anilines is 2. The molecule has 2 fully saturated rings. The van der Waals surface area contributed by atoms with E-state index in [1.165, 1.54) is 25.7 Å². The molecule has 1 aliphatic carbocycles. The van der Waals surface area contributed by atoms with E-state index in [1.54, 1.807) is 0 Å². The van der Waals surface area contributed by atoms with Gasteiger partial charge in [0.25, 0.3) is 0 Å². The van der Waals surface area contributed by atoms with Gasteiger partial charge in [0.05, 0.1) is 11.5 Å². The number of amides is 1. The Hall–Kier alpha value is -1.56. The molecule has 2 N–H and O–H groups in total. The van der Waals surface area contributed by atoms with Crippen LogP contribution < -0.4 is 10.6 Å². The first-order valence-electron chi connectivity index (χ1n) is 8.37. The third-order valence-electron chi connectivity index (χ3n) is 4.67. The van der Waals surface area contributed by atoms with Crippen LogP contribution in [-0.4, -0.2) is 31.9 Å². The van der Waals surface area contributed by atoms with E-state index in [4.69, 9.17) is 0 Å². The molecule has 1 saturated carbocycles. The Bertz CT molecular complexity index is 666. The van der Waals surface area contributed by atoms with Gasteiger partial charge in [-0.3, -0.25) is 4.79 Å². The molecular weight excluding hydrogens is 312 g/mol. The Balaban J connectivity index is 1.53. The van der Waals surface area contributed by atoms with Crippen molar-refractivity contribution < 1.29 is 13.2 Å². The summed E-state index contributed by atoms with van der Waals surface area (Å²) in [5.74, 6) is 0.208. The monoisotopic (exact) mass is 336 g/mol. The number of nitrogens with one attached hydrogen (secondary N) is 2. The summed E-state index contributed by atoms with van der Waals surface area (Å²) in [6, 6.07) is 8.28. The van der Waals surface area contributed by atoms with Gasteiger partial charge in [0.1, 0.15) is 0 Å². The van der Waals surface area contributed by atoms with E-state index in [2.05, 4.69) is 10.6 Å². The molecule has 1 amide bonds. The molecule has 1 aliphatic heterocycles. The fraction of sp³-hybridized carbons (Fsp3) is 0.588. The Morgan fingerprint density at radius 2 is 1.87 bits per heavy atom. The standard InChI is InChI=1S/C17H24N2O3S/c20-17(10-13-8-9-23(21,22)12-13)19-16-7-3-6-15(11-16)18-14-4-1-2-5-14/h3,6-7,11,13-14,18H,1-2,4-5,8-10,12H2,(H,19,20). The van der Waals surface area contributed by atoms with Crippen molar-refractivity contribution in [3.8, 4) is 0 Å². The molecule has 1 heterocycles. The Labute approximate surface area is 137 Å². The lowest BCUT2D eigenvalue weighted by atomic mass is 10.0. The highest BCUT2D eigenvalue weighted by Gasteiger charge is 2.29. The summed E-state index contributed by atoms with van der Waals surface area (Å²) in [4.78, 5) is 12.1. The first-order valence-corrected chi connectivity index (χ1v) is 10.2. The van der Waals surface area contributed by atoms with Gasteiger partial charge in [-0.1, -0.05) is 18.9 Å². The molecule has 126 valence electrons. The summed E-state index contributed by atoms with van der Waals surface area (Å²) in [6.07, 6.45) is 5.83. The van der Waals surface area contributed by atoms with E-state index < -0.39 is 9.84 Å². The van der Waals surface area contributed by atoms with Crippen molar-refractivity contribution in [1.82, 2.24) is 0 Å². The van der Waals surface area contributed by atoms with Gasteiger partial charge in [0.2, 0.25) is 5.91 Å². The molecule has 0 spiro atoms. The largest absolute Gasteiger partial charge is 0.382 e. The number of hydrogen-bond donors (Lipinski definition) is 2. The van der Waals surface area contributed by atoms with Crippen molar-refractivity contribution in [3.05, 3.63) is 24.3 Å². The lowest BCUT2D eigenvalue weighted by molar-refractivity contribution is -0.116. The second kappa shape index (κ2) is 6.91. The van der Waals surface area contributed by atoms with Crippen LogP contribution >= 0.6 is 0 Å². The summed E-state index contributed by atoms with van der Waals surface area (Å²) in [7, 11) is -2.92. The lowest BCUT2D eigenvalue weighted by Crippen LogP contribution is -2.18. The molecule has 1 unspecified atom stereocenters. The molecule has 6 heteroatoms. The molecule has 1 aromatic rings. The van der Waals surface area contributed by atoms with Crippen molar-refractivity contribution in [1.29, 1.82) is 0 Å². The zero-order valence-electron chi connectivity index (χ0n) is 13.3. The maximum atomic E-state index is 12.1. The van der Waals surface area contributed by atoms with Crippen LogP contribution in [0.5, 0.6) is 0 Å². The van der Waals surface area contributed by atoms with Crippen LogP contribution in [0.15, 0.2) is 24.3 Å². The van der Waals surface area contributed by atoms with Crippen LogP contribution in [0, 0.1) is 5.92 Å². The van der Waals surface area contributed by atoms with Crippen molar-refractivity contribution in [2.45, 2.75) is 44.6 Å². The van der Waals surface area contributed by atoms with E-state index in [0.717, 1.165) is 11.4 Å². The smallest absolute Gasteiger partial charge is 0.224 e. The summed E-state index contributed by atoms with van der Waals surface area (Å²) >= 11 is 0. The van der Waals surface area contributed by atoms with E-state index >= 15 is 0 Å². The Morgan fingerprint density at radius 1 is 1.13 bits per heavy atom. The van der Waals surface area contributed by atoms with E-state index in [-0.39, 0.29) is 29.8 Å². The number of sulfone groups is 1. The molecule has 2 aliphatic rings. The van der Waals surface area contributed by atoms with Crippen molar-refractivity contribution in [2.75, 3.05) is 22.1 Å². The van der Waals surface area contributed by atoms with Crippen LogP contribution in [0.25, 0.3) is 0 Å². The van der Waals surface area contributed by atoms with Crippen LogP contribution in [0.1, 0.15) is 38.5 Å². The maximum absolute atomic E-state index is 12.1. The number of rotatable bonds is 5. The van der Waals surface area contributed by atoms with Crippen molar-refractivity contribution in [3.63, 3.8) is 0 Å². The fourth-order valence-corrected chi connectivity index (χ4v) is 5.36. The summed E-state index contributed by atoms with van der Waals surface area (Å²) in [6.45, 7) is 0. The van der Waals surface area contributed by atoms with Gasteiger partial charge in [0, 0.05) is 23.8 Å². The van der Waals surface area contributed by atoms with E-state index in [1.807, 2.05) is 24.3 Å². The van der Waals surface area contributed by atoms with E-state index in [9.17, 15) is 13.2 Å². The summed E-state index contributed by atoms with van der Waals surface area (Å²) in [5.41, 5.74) is 1.79. The Kier molecular flexibility index (Phi) is 4.90. The van der Waals surface area contributed by atoms with Crippen LogP contribution in [-0.2, 0) is 14.6 Å². The minimum absolute atomic E-state index is 0.0419. The third kappa shape index (κ3) is 4.70. The molecule has 1 aromatic carbocycles. The lowest BCUT2D eigenvalue weighted by Gasteiger charge is -2.15. The molecule has 1 saturated heterocycles. The first kappa shape index (κ1) is 16.3. The minimum atomic E-state index is -2.92. The van der Waals surface area contributed by atoms with Gasteiger partial charge >= 0.3 is 0 Å². The van der Waals surface area contributed by atoms with Gasteiger partial charge < -0.3 is 10.6 Å². The molecule has 0 bridgehead atoms. The number of carbonyl (C=O) groups is 1. The molecular formula is C17H24N2O3S. The zero-order chi connectivity index (χ0) is 16.3. The Morgan fingerprint density at radius 3 is 2.57 bits per heavy atom. The summed E-state index contributed by atoms with van der Waals surface area (Å²) < 4.78 is 22.9. The number of benzene rings is 1. The molecule has 0 radical (unpaired) electrons. The molecule has 5 nitrogen and oxygen atoms in total. The molecule has 1 atom stereocenters. The van der Waals surface area contributed by atoms with Gasteiger partial charge in [-0.15, -0.1) is 0 Å². The molecule has 23 heavy (non-hydrogen) atoms. The predicted octanol–water partition coefficient (Wildman–Crippen LogP) is 2.80. The highest BCUT2D eigenvalue weighted by atomic mass is 32.2. The normalized spacial score (nSPS) is 23.7. The van der Waals surface area contributed by atoms with Gasteiger partial charge in [0.15, 0.2) is 9.84 Å². The zero-order valence-corrected chi connectivity index (χ0v) is 14.1. The van der Waals surface area contributed by atoms with Crippen LogP contribution in [0.2, 0.25) is 0 Å². The van der Waals surface area contributed by atoms with Crippen molar-refractivity contribution >= 4 is 27.1 Å². The quantitative estimate of drug-likeness (QED) is 0.867. The maximum Gasteiger partial charge on any atom is 0.224 e. The summed E-state index contributed by atoms with van der Waals surface area (Å²) in [5, 5.41) is 6.40. The van der Waals surface area contributed by atoms with Crippen LogP contribution in [0.4, 0.5) is 11.4 Å². The number of hydrogen-bond acceptors (Lipinski definition) is 4. The van der Waals surface area contributed by atoms with Crippen molar-refractivity contribution in [2.24, 2.45) is 5.92 Å². The van der Waals surface area contributed by atoms with Crippen LogP contribution in [0.3, 0.4) is 0 Å². The second-order valence-corrected chi connectivity index (χ2v) is 8.96. The molecule has 0 aromatic heterocycles. The second-order valence-electron chi connectivity index (χ2n) is 6.73. The average Bonchev–Trinajstić information content (AvgIpc) is 3.09. The highest BCUT2D eigenvalue weighted by molar-refractivity contribution is 7.91. The van der Waals surface area contributed by atoms with E-state index in [0.29, 0.717) is 12.5 Å². The minimum Gasteiger partial charge on any atom is -0.382 e. The average molecular weight is 336 g/mol. The molecule has 3 rings (SSSR count). The highest BCUT2D eigenvalue weighted by Crippen LogP contribution is 2.25. The van der Waals surface area contributed by atoms with Gasteiger partial charge in [-0.2, -0.15) is 0 Å². The fourth-order valence-electron chi connectivity index (χ4n) is 3.50. The third-order valence-corrected chi connectivity index (χ3v) is 6.51.